The molecule has 0 bridgehead atoms. The summed E-state index contributed by atoms with van der Waals surface area (Å²) in [4.78, 5) is 2.26. The molecule has 118 valence electrons. The number of nitrogens with one attached hydrogen (secondary N) is 1. The van der Waals surface area contributed by atoms with Crippen molar-refractivity contribution in [2.75, 3.05) is 13.6 Å². The van der Waals surface area contributed by atoms with Crippen molar-refractivity contribution in [1.29, 1.82) is 0 Å². The van der Waals surface area contributed by atoms with E-state index in [9.17, 15) is 8.42 Å². The Labute approximate surface area is 127 Å². The summed E-state index contributed by atoms with van der Waals surface area (Å²) in [5.41, 5.74) is 7.34. The van der Waals surface area contributed by atoms with Crippen molar-refractivity contribution in [1.82, 2.24) is 9.62 Å². The van der Waals surface area contributed by atoms with Gasteiger partial charge in [-0.15, -0.1) is 0 Å². The zero-order chi connectivity index (χ0) is 15.5. The fourth-order valence-corrected chi connectivity index (χ4v) is 4.29. The molecule has 3 N–H and O–H groups in total. The smallest absolute Gasteiger partial charge is 0.216 e. The molecule has 2 rings (SSSR count). The number of nitrogens with two attached hydrogens (primary N) is 1. The van der Waals surface area contributed by atoms with Gasteiger partial charge in [-0.3, -0.25) is 0 Å². The number of nitrogens with zero attached hydrogens (tertiary/aromatic N) is 1. The summed E-state index contributed by atoms with van der Waals surface area (Å²) < 4.78 is 27.6. The quantitative estimate of drug-likeness (QED) is 0.852. The highest BCUT2D eigenvalue weighted by atomic mass is 32.2. The molecule has 1 aliphatic rings. The molecule has 1 aromatic rings. The molecule has 1 aromatic carbocycles. The Morgan fingerprint density at radius 3 is 2.62 bits per heavy atom. The summed E-state index contributed by atoms with van der Waals surface area (Å²) in [5.74, 6) is 0.00108. The molecule has 0 aromatic heterocycles. The zero-order valence-corrected chi connectivity index (χ0v) is 13.6. The second-order valence-electron chi connectivity index (χ2n) is 5.90. The first-order valence-corrected chi connectivity index (χ1v) is 9.03. The molecule has 0 amide bonds. The summed E-state index contributed by atoms with van der Waals surface area (Å²) in [5, 5.41) is 0. The minimum atomic E-state index is -3.33. The average molecular weight is 311 g/mol. The van der Waals surface area contributed by atoms with Crippen molar-refractivity contribution < 1.29 is 8.42 Å². The van der Waals surface area contributed by atoms with Crippen LogP contribution in [-0.4, -0.2) is 39.0 Å². The van der Waals surface area contributed by atoms with Gasteiger partial charge >= 0.3 is 0 Å². The molecule has 1 heterocycles. The third-order valence-corrected chi connectivity index (χ3v) is 5.62. The Balaban J connectivity index is 2.02. The van der Waals surface area contributed by atoms with E-state index >= 15 is 0 Å². The molecule has 0 radical (unpaired) electrons. The fourth-order valence-electron chi connectivity index (χ4n) is 2.79. The van der Waals surface area contributed by atoms with E-state index < -0.39 is 10.0 Å². The van der Waals surface area contributed by atoms with Gasteiger partial charge in [-0.2, -0.15) is 0 Å². The second-order valence-corrected chi connectivity index (χ2v) is 7.65. The lowest BCUT2D eigenvalue weighted by atomic mass is 10.0. The molecule has 0 saturated carbocycles. The molecule has 0 aliphatic carbocycles. The Kier molecular flexibility index (Phi) is 5.37. The summed E-state index contributed by atoms with van der Waals surface area (Å²) >= 11 is 0. The lowest BCUT2D eigenvalue weighted by Crippen LogP contribution is -2.47. The Hall–Kier alpha value is -0.950. The molecule has 1 saturated heterocycles. The van der Waals surface area contributed by atoms with E-state index in [1.165, 1.54) is 0 Å². The highest BCUT2D eigenvalue weighted by molar-refractivity contribution is 7.88. The van der Waals surface area contributed by atoms with E-state index in [0.717, 1.165) is 30.5 Å². The van der Waals surface area contributed by atoms with E-state index in [2.05, 4.69) is 23.6 Å². The Morgan fingerprint density at radius 2 is 2.00 bits per heavy atom. The maximum absolute atomic E-state index is 12.4. The SMILES string of the molecule is CC1CC(NS(=O)(=O)Cc2ccccc2CN)CCN1C. The summed E-state index contributed by atoms with van der Waals surface area (Å²) in [6.07, 6.45) is 1.72. The van der Waals surface area contributed by atoms with Gasteiger partial charge in [-0.05, 0) is 44.5 Å². The van der Waals surface area contributed by atoms with Gasteiger partial charge in [0.15, 0.2) is 0 Å². The molecule has 2 unspecified atom stereocenters. The zero-order valence-electron chi connectivity index (χ0n) is 12.7. The first-order valence-electron chi connectivity index (χ1n) is 7.38. The normalized spacial score (nSPS) is 24.1. The van der Waals surface area contributed by atoms with E-state index in [-0.39, 0.29) is 11.8 Å². The molecule has 5 nitrogen and oxygen atoms in total. The number of rotatable bonds is 5. The van der Waals surface area contributed by atoms with Gasteiger partial charge in [0.2, 0.25) is 10.0 Å². The molecule has 1 fully saturated rings. The van der Waals surface area contributed by atoms with Crippen LogP contribution in [0.4, 0.5) is 0 Å². The first-order chi connectivity index (χ1) is 9.91. The third-order valence-electron chi connectivity index (χ3n) is 4.24. The third kappa shape index (κ3) is 4.51. The largest absolute Gasteiger partial charge is 0.326 e. The number of hydrogen-bond donors (Lipinski definition) is 2. The first kappa shape index (κ1) is 16.4. The van der Waals surface area contributed by atoms with Gasteiger partial charge < -0.3 is 10.6 Å². The number of sulfonamides is 1. The maximum atomic E-state index is 12.4. The van der Waals surface area contributed by atoms with Crippen LogP contribution in [0.5, 0.6) is 0 Å². The van der Waals surface area contributed by atoms with Gasteiger partial charge in [0.1, 0.15) is 0 Å². The number of hydrogen-bond acceptors (Lipinski definition) is 4. The number of likely N-dealkylation sites (tertiary alicyclic amines) is 1. The second kappa shape index (κ2) is 6.87. The summed E-state index contributed by atoms with van der Waals surface area (Å²) in [6, 6.07) is 7.88. The molecule has 0 spiro atoms. The van der Waals surface area contributed by atoms with Crippen LogP contribution in [0.15, 0.2) is 24.3 Å². The van der Waals surface area contributed by atoms with Crippen LogP contribution >= 0.6 is 0 Å². The van der Waals surface area contributed by atoms with Crippen LogP contribution in [0.25, 0.3) is 0 Å². The van der Waals surface area contributed by atoms with Crippen molar-refractivity contribution in [3.63, 3.8) is 0 Å². The topological polar surface area (TPSA) is 75.4 Å². The Morgan fingerprint density at radius 1 is 1.33 bits per heavy atom. The molecule has 1 aliphatic heterocycles. The molecule has 21 heavy (non-hydrogen) atoms. The molecule has 6 heteroatoms. The minimum absolute atomic E-state index is 0.00108. The summed E-state index contributed by atoms with van der Waals surface area (Å²) in [7, 11) is -1.26. The average Bonchev–Trinajstić information content (AvgIpc) is 2.43. The van der Waals surface area contributed by atoms with Crippen LogP contribution in [0.1, 0.15) is 30.9 Å². The molecular formula is C15H25N3O2S. The monoisotopic (exact) mass is 311 g/mol. The van der Waals surface area contributed by atoms with Crippen LogP contribution in [0.2, 0.25) is 0 Å². The Bertz CT molecular complexity index is 574. The fraction of sp³-hybridized carbons (Fsp3) is 0.600. The minimum Gasteiger partial charge on any atom is -0.326 e. The molecule has 2 atom stereocenters. The van der Waals surface area contributed by atoms with E-state index in [1.807, 2.05) is 24.3 Å². The van der Waals surface area contributed by atoms with Gasteiger partial charge in [0.25, 0.3) is 0 Å². The van der Waals surface area contributed by atoms with Crippen molar-refractivity contribution in [3.8, 4) is 0 Å². The van der Waals surface area contributed by atoms with Crippen LogP contribution in [-0.2, 0) is 22.3 Å². The van der Waals surface area contributed by atoms with Gasteiger partial charge in [0, 0.05) is 18.6 Å². The van der Waals surface area contributed by atoms with Crippen molar-refractivity contribution >= 4 is 10.0 Å². The van der Waals surface area contributed by atoms with E-state index in [1.54, 1.807) is 0 Å². The van der Waals surface area contributed by atoms with Crippen molar-refractivity contribution in [2.24, 2.45) is 5.73 Å². The predicted molar refractivity (Wildman–Crippen MR) is 85.2 cm³/mol. The highest BCUT2D eigenvalue weighted by Gasteiger charge is 2.26. The molecular weight excluding hydrogens is 286 g/mol. The van der Waals surface area contributed by atoms with Gasteiger partial charge in [-0.25, -0.2) is 13.1 Å². The van der Waals surface area contributed by atoms with Crippen molar-refractivity contribution in [3.05, 3.63) is 35.4 Å². The highest BCUT2D eigenvalue weighted by Crippen LogP contribution is 2.18. The van der Waals surface area contributed by atoms with E-state index in [0.29, 0.717) is 12.6 Å². The maximum Gasteiger partial charge on any atom is 0.216 e. The van der Waals surface area contributed by atoms with Crippen LogP contribution in [0.3, 0.4) is 0 Å². The number of benzene rings is 1. The van der Waals surface area contributed by atoms with Gasteiger partial charge in [0.05, 0.1) is 5.75 Å². The number of piperidine rings is 1. The van der Waals surface area contributed by atoms with Crippen LogP contribution < -0.4 is 10.5 Å². The lowest BCUT2D eigenvalue weighted by molar-refractivity contribution is 0.178. The van der Waals surface area contributed by atoms with Crippen LogP contribution in [0, 0.1) is 0 Å². The lowest BCUT2D eigenvalue weighted by Gasteiger charge is -2.35. The van der Waals surface area contributed by atoms with E-state index in [4.69, 9.17) is 5.73 Å². The van der Waals surface area contributed by atoms with Crippen molar-refractivity contribution in [2.45, 2.75) is 44.1 Å². The predicted octanol–water partition coefficient (Wildman–Crippen LogP) is 1.05. The van der Waals surface area contributed by atoms with Gasteiger partial charge in [-0.1, -0.05) is 24.3 Å². The summed E-state index contributed by atoms with van der Waals surface area (Å²) in [6.45, 7) is 3.41. The standard InChI is InChI=1S/C15H25N3O2S/c1-12-9-15(7-8-18(12)2)17-21(19,20)11-14-6-4-3-5-13(14)10-16/h3-6,12,15,17H,7-11,16H2,1-2H3.